The highest BCUT2D eigenvalue weighted by Gasteiger charge is 2.65. The Labute approximate surface area is 126 Å². The highest BCUT2D eigenvalue weighted by atomic mass is 16.5. The van der Waals surface area contributed by atoms with E-state index in [1.165, 1.54) is 5.56 Å². The third-order valence-corrected chi connectivity index (χ3v) is 5.19. The van der Waals surface area contributed by atoms with Gasteiger partial charge in [-0.3, -0.25) is 4.79 Å². The molecule has 1 aromatic rings. The summed E-state index contributed by atoms with van der Waals surface area (Å²) in [4.78, 5) is 12.1. The quantitative estimate of drug-likeness (QED) is 0.863. The number of carbonyl (C=O) groups is 1. The van der Waals surface area contributed by atoms with Crippen LogP contribution in [-0.2, 0) is 11.3 Å². The maximum absolute atomic E-state index is 12.1. The molecule has 0 saturated heterocycles. The molecule has 0 amide bonds. The summed E-state index contributed by atoms with van der Waals surface area (Å²) in [6.07, 6.45) is 0.731. The average molecular weight is 285 g/mol. The fraction of sp³-hybridized carbons (Fsp3) is 0.500. The largest absolute Gasteiger partial charge is 0.497 e. The molecule has 3 rings (SSSR count). The van der Waals surface area contributed by atoms with Crippen LogP contribution in [0.15, 0.2) is 35.5 Å². The van der Waals surface area contributed by atoms with E-state index >= 15 is 0 Å². The highest BCUT2D eigenvalue weighted by Crippen LogP contribution is 2.68. The van der Waals surface area contributed by atoms with Crippen LogP contribution >= 0.6 is 0 Å². The van der Waals surface area contributed by atoms with Crippen molar-refractivity contribution in [1.29, 1.82) is 0 Å². The smallest absolute Gasteiger partial charge is 0.161 e. The first-order valence-corrected chi connectivity index (χ1v) is 7.56. The molecule has 2 fully saturated rings. The van der Waals surface area contributed by atoms with Crippen molar-refractivity contribution in [2.45, 2.75) is 33.7 Å². The van der Waals surface area contributed by atoms with Gasteiger partial charge >= 0.3 is 0 Å². The molecule has 112 valence electrons. The summed E-state index contributed by atoms with van der Waals surface area (Å²) in [6.45, 7) is 7.31. The van der Waals surface area contributed by atoms with E-state index in [2.05, 4.69) is 19.2 Å². The molecule has 3 heteroatoms. The zero-order valence-corrected chi connectivity index (χ0v) is 13.2. The van der Waals surface area contributed by atoms with Crippen molar-refractivity contribution in [3.8, 4) is 5.75 Å². The van der Waals surface area contributed by atoms with Crippen LogP contribution in [0.25, 0.3) is 0 Å². The molecule has 2 aliphatic carbocycles. The average Bonchev–Trinajstić information content (AvgIpc) is 2.83. The number of ether oxygens (including phenoxy) is 1. The number of ketones is 1. The van der Waals surface area contributed by atoms with Crippen LogP contribution in [0.3, 0.4) is 0 Å². The van der Waals surface area contributed by atoms with Crippen molar-refractivity contribution in [3.63, 3.8) is 0 Å². The molecule has 0 aliphatic heterocycles. The molecule has 2 unspecified atom stereocenters. The Kier molecular flexibility index (Phi) is 3.31. The number of hydrogen-bond donors (Lipinski definition) is 1. The Balaban J connectivity index is 1.69. The SMILES string of the molecule is COc1ccc(CNC(C)=C2C(=O)CC3C2C3(C)C)cc1. The van der Waals surface area contributed by atoms with Gasteiger partial charge in [0.25, 0.3) is 0 Å². The molecule has 0 aromatic heterocycles. The second kappa shape index (κ2) is 4.90. The normalized spacial score (nSPS) is 28.1. The maximum Gasteiger partial charge on any atom is 0.161 e. The molecule has 0 heterocycles. The van der Waals surface area contributed by atoms with Crippen LogP contribution in [0.5, 0.6) is 5.75 Å². The van der Waals surface area contributed by atoms with Crippen LogP contribution in [0.1, 0.15) is 32.8 Å². The molecule has 0 spiro atoms. The minimum atomic E-state index is 0.312. The van der Waals surface area contributed by atoms with E-state index < -0.39 is 0 Å². The van der Waals surface area contributed by atoms with Crippen LogP contribution < -0.4 is 10.1 Å². The predicted octanol–water partition coefficient (Wildman–Crippen LogP) is 3.30. The van der Waals surface area contributed by atoms with Crippen molar-refractivity contribution in [2.24, 2.45) is 17.3 Å². The molecule has 2 atom stereocenters. The molecule has 1 N–H and O–H groups in total. The third-order valence-electron chi connectivity index (χ3n) is 5.19. The van der Waals surface area contributed by atoms with Gasteiger partial charge in [0, 0.05) is 24.2 Å². The fourth-order valence-corrected chi connectivity index (χ4v) is 3.70. The van der Waals surface area contributed by atoms with Crippen LogP contribution in [0.4, 0.5) is 0 Å². The van der Waals surface area contributed by atoms with Gasteiger partial charge in [-0.05, 0) is 41.9 Å². The van der Waals surface area contributed by atoms with Gasteiger partial charge in [-0.15, -0.1) is 0 Å². The monoisotopic (exact) mass is 285 g/mol. The van der Waals surface area contributed by atoms with Crippen molar-refractivity contribution in [1.82, 2.24) is 5.32 Å². The first-order valence-electron chi connectivity index (χ1n) is 7.56. The number of fused-ring (bicyclic) bond motifs is 1. The predicted molar refractivity (Wildman–Crippen MR) is 82.9 cm³/mol. The standard InChI is InChI=1S/C18H23NO2/c1-11(16-15(20)9-14-17(16)18(14,2)3)19-10-12-5-7-13(21-4)8-6-12/h5-8,14,17,19H,9-10H2,1-4H3. The zero-order valence-electron chi connectivity index (χ0n) is 13.2. The van der Waals surface area contributed by atoms with Crippen molar-refractivity contribution >= 4 is 5.78 Å². The Bertz CT molecular complexity index is 598. The molecule has 0 bridgehead atoms. The number of rotatable bonds is 4. The number of hydrogen-bond acceptors (Lipinski definition) is 3. The lowest BCUT2D eigenvalue weighted by atomic mass is 9.95. The number of methoxy groups -OCH3 is 1. The van der Waals surface area contributed by atoms with Crippen LogP contribution in [0.2, 0.25) is 0 Å². The molecule has 3 nitrogen and oxygen atoms in total. The Morgan fingerprint density at radius 1 is 1.33 bits per heavy atom. The van der Waals surface area contributed by atoms with Gasteiger partial charge in [0.15, 0.2) is 5.78 Å². The van der Waals surface area contributed by atoms with E-state index in [0.717, 1.165) is 30.0 Å². The van der Waals surface area contributed by atoms with Gasteiger partial charge in [-0.2, -0.15) is 0 Å². The van der Waals surface area contributed by atoms with E-state index in [-0.39, 0.29) is 0 Å². The van der Waals surface area contributed by atoms with E-state index in [1.807, 2.05) is 31.2 Å². The molecule has 2 aliphatic rings. The summed E-state index contributed by atoms with van der Waals surface area (Å²) in [5, 5.41) is 3.42. The van der Waals surface area contributed by atoms with Gasteiger partial charge in [0.05, 0.1) is 7.11 Å². The Morgan fingerprint density at radius 2 is 2.00 bits per heavy atom. The fourth-order valence-electron chi connectivity index (χ4n) is 3.70. The number of allylic oxidation sites excluding steroid dienone is 2. The van der Waals surface area contributed by atoms with Crippen LogP contribution in [-0.4, -0.2) is 12.9 Å². The summed E-state index contributed by atoms with van der Waals surface area (Å²) in [6, 6.07) is 8.01. The Hall–Kier alpha value is -1.77. The first-order chi connectivity index (χ1) is 9.95. The lowest BCUT2D eigenvalue weighted by molar-refractivity contribution is -0.115. The van der Waals surface area contributed by atoms with Gasteiger partial charge in [-0.25, -0.2) is 0 Å². The second-order valence-corrected chi connectivity index (χ2v) is 6.77. The Morgan fingerprint density at radius 3 is 2.57 bits per heavy atom. The lowest BCUT2D eigenvalue weighted by Crippen LogP contribution is -2.18. The van der Waals surface area contributed by atoms with Gasteiger partial charge in [-0.1, -0.05) is 26.0 Å². The number of Topliss-reactive ketones (excluding diaryl/α,β-unsaturated/α-hetero) is 1. The summed E-state index contributed by atoms with van der Waals surface area (Å²) in [5.74, 6) is 2.23. The topological polar surface area (TPSA) is 38.3 Å². The van der Waals surface area contributed by atoms with Crippen molar-refractivity contribution in [3.05, 3.63) is 41.1 Å². The minimum absolute atomic E-state index is 0.312. The summed E-state index contributed by atoms with van der Waals surface area (Å²) in [7, 11) is 1.67. The van der Waals surface area contributed by atoms with Crippen molar-refractivity contribution in [2.75, 3.05) is 7.11 Å². The van der Waals surface area contributed by atoms with Gasteiger partial charge < -0.3 is 10.1 Å². The molecule has 1 aromatic carbocycles. The molecule has 0 radical (unpaired) electrons. The lowest BCUT2D eigenvalue weighted by Gasteiger charge is -2.14. The van der Waals surface area contributed by atoms with E-state index in [1.54, 1.807) is 7.11 Å². The van der Waals surface area contributed by atoms with Gasteiger partial charge in [0.1, 0.15) is 5.75 Å². The summed E-state index contributed by atoms with van der Waals surface area (Å²) >= 11 is 0. The van der Waals surface area contributed by atoms with E-state index in [0.29, 0.717) is 23.0 Å². The number of carbonyl (C=O) groups excluding carboxylic acids is 1. The summed E-state index contributed by atoms with van der Waals surface area (Å²) in [5.41, 5.74) is 3.59. The first kappa shape index (κ1) is 14.2. The molecule has 2 saturated carbocycles. The second-order valence-electron chi connectivity index (χ2n) is 6.77. The molecular formula is C18H23NO2. The van der Waals surface area contributed by atoms with E-state index in [4.69, 9.17) is 4.74 Å². The molecule has 21 heavy (non-hydrogen) atoms. The van der Waals surface area contributed by atoms with Gasteiger partial charge in [0.2, 0.25) is 0 Å². The number of nitrogens with one attached hydrogen (secondary N) is 1. The number of benzene rings is 1. The zero-order chi connectivity index (χ0) is 15.2. The summed E-state index contributed by atoms with van der Waals surface area (Å²) < 4.78 is 5.16. The minimum Gasteiger partial charge on any atom is -0.497 e. The third kappa shape index (κ3) is 2.35. The highest BCUT2D eigenvalue weighted by molar-refractivity contribution is 6.01. The maximum atomic E-state index is 12.1. The van der Waals surface area contributed by atoms with Crippen molar-refractivity contribution < 1.29 is 9.53 Å². The van der Waals surface area contributed by atoms with Crippen LogP contribution in [0, 0.1) is 17.3 Å². The molecular weight excluding hydrogens is 262 g/mol. The van der Waals surface area contributed by atoms with E-state index in [9.17, 15) is 4.79 Å².